The van der Waals surface area contributed by atoms with Crippen LogP contribution in [0.1, 0.15) is 11.1 Å². The summed E-state index contributed by atoms with van der Waals surface area (Å²) in [5.41, 5.74) is 3.06. The molecule has 0 saturated heterocycles. The molecule has 0 atom stereocenters. The van der Waals surface area contributed by atoms with E-state index in [4.69, 9.17) is 0 Å². The van der Waals surface area contributed by atoms with Crippen LogP contribution in [-0.4, -0.2) is 5.91 Å². The van der Waals surface area contributed by atoms with Crippen LogP contribution in [-0.2, 0) is 11.2 Å². The molecular weight excluding hydrogens is 150 g/mol. The molecule has 0 aliphatic carbocycles. The van der Waals surface area contributed by atoms with Crippen molar-refractivity contribution in [3.8, 4) is 0 Å². The van der Waals surface area contributed by atoms with Gasteiger partial charge in [0, 0.05) is 5.69 Å². The molecule has 1 aromatic carbocycles. The van der Waals surface area contributed by atoms with Crippen LogP contribution in [0.15, 0.2) is 24.8 Å². The molecule has 0 bridgehead atoms. The van der Waals surface area contributed by atoms with Crippen LogP contribution in [0.5, 0.6) is 0 Å². The first-order valence-electron chi connectivity index (χ1n) is 3.85. The molecule has 2 nitrogen and oxygen atoms in total. The third kappa shape index (κ3) is 1.01. The molecule has 2 rings (SSSR count). The number of amides is 1. The lowest BCUT2D eigenvalue weighted by molar-refractivity contribution is -0.115. The molecule has 0 unspecified atom stereocenters. The maximum absolute atomic E-state index is 11.0. The number of nitrogens with one attached hydrogen (secondary N) is 1. The lowest BCUT2D eigenvalue weighted by atomic mass is 10.1. The Kier molecular flexibility index (Phi) is 1.47. The van der Waals surface area contributed by atoms with Gasteiger partial charge in [-0.2, -0.15) is 0 Å². The van der Waals surface area contributed by atoms with Crippen LogP contribution < -0.4 is 5.32 Å². The second-order valence-corrected chi connectivity index (χ2v) is 2.85. The fourth-order valence-electron chi connectivity index (χ4n) is 1.38. The highest BCUT2D eigenvalue weighted by molar-refractivity contribution is 5.99. The molecule has 60 valence electrons. The molecule has 1 aliphatic heterocycles. The van der Waals surface area contributed by atoms with Crippen molar-refractivity contribution >= 4 is 17.7 Å². The summed E-state index contributed by atoms with van der Waals surface area (Å²) in [6, 6.07) is 5.84. The van der Waals surface area contributed by atoms with Crippen molar-refractivity contribution in [2.45, 2.75) is 6.42 Å². The predicted octanol–water partition coefficient (Wildman–Crippen LogP) is 1.82. The maximum atomic E-state index is 11.0. The molecule has 1 aliphatic rings. The summed E-state index contributed by atoms with van der Waals surface area (Å²) in [6.07, 6.45) is 2.28. The number of benzene rings is 1. The van der Waals surface area contributed by atoms with Gasteiger partial charge < -0.3 is 5.32 Å². The van der Waals surface area contributed by atoms with E-state index in [1.54, 1.807) is 6.08 Å². The quantitative estimate of drug-likeness (QED) is 0.665. The third-order valence-corrected chi connectivity index (χ3v) is 1.99. The minimum atomic E-state index is 0.0752. The molecule has 0 radical (unpaired) electrons. The SMILES string of the molecule is C=Cc1ccc2c(c1)CC(=O)N2. The standard InChI is InChI=1S/C10H9NO/c1-2-7-3-4-9-8(5-7)6-10(12)11-9/h2-5H,1,6H2,(H,11,12). The van der Waals surface area contributed by atoms with Crippen molar-refractivity contribution in [2.75, 3.05) is 5.32 Å². The van der Waals surface area contributed by atoms with Crippen molar-refractivity contribution in [1.29, 1.82) is 0 Å². The molecule has 2 heteroatoms. The van der Waals surface area contributed by atoms with Crippen molar-refractivity contribution in [1.82, 2.24) is 0 Å². The van der Waals surface area contributed by atoms with Gasteiger partial charge in [0.1, 0.15) is 0 Å². The summed E-state index contributed by atoms with van der Waals surface area (Å²) in [4.78, 5) is 11.0. The van der Waals surface area contributed by atoms with Gasteiger partial charge in [-0.1, -0.05) is 18.7 Å². The first kappa shape index (κ1) is 7.10. The van der Waals surface area contributed by atoms with Crippen molar-refractivity contribution in [2.24, 2.45) is 0 Å². The Bertz CT molecular complexity index is 355. The number of anilines is 1. The van der Waals surface area contributed by atoms with Gasteiger partial charge in [-0.15, -0.1) is 0 Å². The number of hydrogen-bond donors (Lipinski definition) is 1. The topological polar surface area (TPSA) is 29.1 Å². The Labute approximate surface area is 70.9 Å². The molecule has 0 saturated carbocycles. The zero-order valence-corrected chi connectivity index (χ0v) is 6.63. The number of fused-ring (bicyclic) bond motifs is 1. The van der Waals surface area contributed by atoms with E-state index in [1.807, 2.05) is 18.2 Å². The highest BCUT2D eigenvalue weighted by Gasteiger charge is 2.16. The number of carbonyl (C=O) groups is 1. The van der Waals surface area contributed by atoms with E-state index in [9.17, 15) is 4.79 Å². The highest BCUT2D eigenvalue weighted by Crippen LogP contribution is 2.23. The Hall–Kier alpha value is -1.57. The molecule has 1 amide bonds. The summed E-state index contributed by atoms with van der Waals surface area (Å²) < 4.78 is 0. The predicted molar refractivity (Wildman–Crippen MR) is 48.9 cm³/mol. The van der Waals surface area contributed by atoms with Crippen molar-refractivity contribution in [3.63, 3.8) is 0 Å². The average molecular weight is 159 g/mol. The minimum Gasteiger partial charge on any atom is -0.326 e. The summed E-state index contributed by atoms with van der Waals surface area (Å²) in [5, 5.41) is 2.78. The van der Waals surface area contributed by atoms with Crippen molar-refractivity contribution < 1.29 is 4.79 Å². The molecule has 1 aromatic rings. The fraction of sp³-hybridized carbons (Fsp3) is 0.100. The van der Waals surface area contributed by atoms with Gasteiger partial charge >= 0.3 is 0 Å². The molecular formula is C10H9NO. The highest BCUT2D eigenvalue weighted by atomic mass is 16.1. The zero-order valence-electron chi connectivity index (χ0n) is 6.63. The van der Waals surface area contributed by atoms with Gasteiger partial charge in [-0.05, 0) is 23.3 Å². The molecule has 1 heterocycles. The van der Waals surface area contributed by atoms with E-state index >= 15 is 0 Å². The van der Waals surface area contributed by atoms with E-state index in [-0.39, 0.29) is 5.91 Å². The minimum absolute atomic E-state index is 0.0752. The van der Waals surface area contributed by atoms with Crippen molar-refractivity contribution in [3.05, 3.63) is 35.9 Å². The largest absolute Gasteiger partial charge is 0.326 e. The lowest BCUT2D eigenvalue weighted by Gasteiger charge is -1.98. The maximum Gasteiger partial charge on any atom is 0.228 e. The van der Waals surface area contributed by atoms with Gasteiger partial charge in [0.05, 0.1) is 6.42 Å². The van der Waals surface area contributed by atoms with Gasteiger partial charge in [-0.25, -0.2) is 0 Å². The Morgan fingerprint density at radius 2 is 2.33 bits per heavy atom. The summed E-state index contributed by atoms with van der Waals surface area (Å²) in [6.45, 7) is 3.67. The summed E-state index contributed by atoms with van der Waals surface area (Å²) >= 11 is 0. The molecule has 12 heavy (non-hydrogen) atoms. The first-order chi connectivity index (χ1) is 5.79. The number of hydrogen-bond acceptors (Lipinski definition) is 1. The smallest absolute Gasteiger partial charge is 0.228 e. The van der Waals surface area contributed by atoms with E-state index in [2.05, 4.69) is 11.9 Å². The third-order valence-electron chi connectivity index (χ3n) is 1.99. The van der Waals surface area contributed by atoms with E-state index in [1.165, 1.54) is 0 Å². The number of rotatable bonds is 1. The van der Waals surface area contributed by atoms with Gasteiger partial charge in [0.15, 0.2) is 0 Å². The molecule has 1 N–H and O–H groups in total. The van der Waals surface area contributed by atoms with Crippen LogP contribution in [0.3, 0.4) is 0 Å². The van der Waals surface area contributed by atoms with E-state index < -0.39 is 0 Å². The van der Waals surface area contributed by atoms with E-state index in [0.717, 1.165) is 16.8 Å². The second kappa shape index (κ2) is 2.48. The Morgan fingerprint density at radius 3 is 3.08 bits per heavy atom. The van der Waals surface area contributed by atoms with E-state index in [0.29, 0.717) is 6.42 Å². The van der Waals surface area contributed by atoms with Crippen LogP contribution in [0.2, 0.25) is 0 Å². The van der Waals surface area contributed by atoms with Crippen LogP contribution >= 0.6 is 0 Å². The van der Waals surface area contributed by atoms with Crippen LogP contribution in [0.25, 0.3) is 6.08 Å². The molecule has 0 aromatic heterocycles. The van der Waals surface area contributed by atoms with Gasteiger partial charge in [0.2, 0.25) is 5.91 Å². The van der Waals surface area contributed by atoms with Gasteiger partial charge in [0.25, 0.3) is 0 Å². The lowest BCUT2D eigenvalue weighted by Crippen LogP contribution is -2.03. The Balaban J connectivity index is 2.48. The van der Waals surface area contributed by atoms with Gasteiger partial charge in [-0.3, -0.25) is 4.79 Å². The Morgan fingerprint density at radius 1 is 1.50 bits per heavy atom. The zero-order chi connectivity index (χ0) is 8.55. The summed E-state index contributed by atoms with van der Waals surface area (Å²) in [7, 11) is 0. The summed E-state index contributed by atoms with van der Waals surface area (Å²) in [5.74, 6) is 0.0752. The monoisotopic (exact) mass is 159 g/mol. The van der Waals surface area contributed by atoms with Crippen LogP contribution in [0.4, 0.5) is 5.69 Å². The number of carbonyl (C=O) groups excluding carboxylic acids is 1. The average Bonchev–Trinajstić information content (AvgIpc) is 2.43. The molecule has 0 fully saturated rings. The van der Waals surface area contributed by atoms with Crippen LogP contribution in [0, 0.1) is 0 Å². The second-order valence-electron chi connectivity index (χ2n) is 2.85. The fourth-order valence-corrected chi connectivity index (χ4v) is 1.38. The first-order valence-corrected chi connectivity index (χ1v) is 3.85. The molecule has 0 spiro atoms. The normalized spacial score (nSPS) is 13.8.